The van der Waals surface area contributed by atoms with Crippen LogP contribution in [0.3, 0.4) is 0 Å². The lowest BCUT2D eigenvalue weighted by Crippen LogP contribution is -2.15. The smallest absolute Gasteiger partial charge is 0.263 e. The molecule has 1 heterocycles. The number of benzene rings is 2. The van der Waals surface area contributed by atoms with Crippen LogP contribution in [0.25, 0.3) is 0 Å². The lowest BCUT2D eigenvalue weighted by atomic mass is 10.2. The highest BCUT2D eigenvalue weighted by atomic mass is 32.2. The molecule has 0 bridgehead atoms. The van der Waals surface area contributed by atoms with E-state index in [1.165, 1.54) is 43.8 Å². The topological polar surface area (TPSA) is 120 Å². The summed E-state index contributed by atoms with van der Waals surface area (Å²) in [5.74, 6) is 0.706. The van der Waals surface area contributed by atoms with Crippen molar-refractivity contribution < 1.29 is 22.7 Å². The zero-order valence-electron chi connectivity index (χ0n) is 17.7. The van der Waals surface area contributed by atoms with Crippen molar-refractivity contribution in [2.45, 2.75) is 24.7 Å². The van der Waals surface area contributed by atoms with Gasteiger partial charge in [-0.3, -0.25) is 9.52 Å². The van der Waals surface area contributed by atoms with Crippen LogP contribution in [0.1, 0.15) is 30.1 Å². The van der Waals surface area contributed by atoms with Gasteiger partial charge in [-0.1, -0.05) is 13.3 Å². The predicted molar refractivity (Wildman–Crippen MR) is 121 cm³/mol. The Morgan fingerprint density at radius 2 is 1.75 bits per heavy atom. The molecule has 0 spiro atoms. The van der Waals surface area contributed by atoms with Gasteiger partial charge in [-0.15, -0.1) is 0 Å². The molecule has 10 heteroatoms. The second-order valence-corrected chi connectivity index (χ2v) is 8.44. The normalized spacial score (nSPS) is 10.9. The largest absolute Gasteiger partial charge is 0.494 e. The molecule has 3 rings (SSSR count). The second-order valence-electron chi connectivity index (χ2n) is 6.76. The summed E-state index contributed by atoms with van der Waals surface area (Å²) in [4.78, 5) is 20.2. The van der Waals surface area contributed by atoms with E-state index in [0.717, 1.165) is 12.8 Å². The first kappa shape index (κ1) is 23.0. The number of rotatable bonds is 10. The number of carbonyl (C=O) groups excluding carboxylic acids is 1. The van der Waals surface area contributed by atoms with Gasteiger partial charge in [-0.2, -0.15) is 0 Å². The maximum absolute atomic E-state index is 12.6. The van der Waals surface area contributed by atoms with Crippen molar-refractivity contribution in [3.63, 3.8) is 0 Å². The fourth-order valence-corrected chi connectivity index (χ4v) is 3.66. The molecule has 0 aliphatic carbocycles. The number of sulfonamides is 1. The number of carbonyl (C=O) groups is 1. The number of amides is 1. The number of unbranched alkanes of at least 4 members (excludes halogenated alkanes) is 1. The SMILES string of the molecule is CCCCOc1ccc(C(=O)Nc2ccc(S(=O)(=O)Nc3cc(OC)ncn3)cc2)cc1. The van der Waals surface area contributed by atoms with Crippen LogP contribution in [-0.4, -0.2) is 38.0 Å². The Kier molecular flexibility index (Phi) is 7.61. The third-order valence-electron chi connectivity index (χ3n) is 4.40. The van der Waals surface area contributed by atoms with Gasteiger partial charge in [-0.25, -0.2) is 18.4 Å². The molecule has 0 saturated carbocycles. The Labute approximate surface area is 186 Å². The van der Waals surface area contributed by atoms with Crippen molar-refractivity contribution in [1.29, 1.82) is 0 Å². The average molecular weight is 457 g/mol. The molecule has 3 aromatic rings. The Morgan fingerprint density at radius 1 is 1.03 bits per heavy atom. The number of methoxy groups -OCH3 is 1. The van der Waals surface area contributed by atoms with E-state index in [1.54, 1.807) is 24.3 Å². The summed E-state index contributed by atoms with van der Waals surface area (Å²) in [6, 6.07) is 14.0. The van der Waals surface area contributed by atoms with Crippen molar-refractivity contribution in [3.05, 3.63) is 66.5 Å². The van der Waals surface area contributed by atoms with Crippen molar-refractivity contribution in [3.8, 4) is 11.6 Å². The summed E-state index contributed by atoms with van der Waals surface area (Å²) >= 11 is 0. The first-order chi connectivity index (χ1) is 15.4. The van der Waals surface area contributed by atoms with Crippen LogP contribution in [0.15, 0.2) is 65.8 Å². The van der Waals surface area contributed by atoms with E-state index in [4.69, 9.17) is 9.47 Å². The predicted octanol–water partition coefficient (Wildman–Crippen LogP) is 3.72. The monoisotopic (exact) mass is 456 g/mol. The molecule has 0 atom stereocenters. The summed E-state index contributed by atoms with van der Waals surface area (Å²) in [5.41, 5.74) is 0.921. The van der Waals surface area contributed by atoms with Gasteiger partial charge in [0, 0.05) is 17.3 Å². The molecule has 0 unspecified atom stereocenters. The maximum Gasteiger partial charge on any atom is 0.263 e. The highest BCUT2D eigenvalue weighted by Crippen LogP contribution is 2.20. The van der Waals surface area contributed by atoms with Gasteiger partial charge in [0.05, 0.1) is 18.6 Å². The number of nitrogens with one attached hydrogen (secondary N) is 2. The highest BCUT2D eigenvalue weighted by molar-refractivity contribution is 7.92. The fraction of sp³-hybridized carbons (Fsp3) is 0.227. The lowest BCUT2D eigenvalue weighted by molar-refractivity contribution is 0.102. The quantitative estimate of drug-likeness (QED) is 0.446. The molecule has 0 radical (unpaired) electrons. The first-order valence-electron chi connectivity index (χ1n) is 9.94. The highest BCUT2D eigenvalue weighted by Gasteiger charge is 2.16. The van der Waals surface area contributed by atoms with Gasteiger partial charge in [0.1, 0.15) is 17.9 Å². The summed E-state index contributed by atoms with van der Waals surface area (Å²) in [6.07, 6.45) is 3.21. The molecule has 0 fully saturated rings. The number of hydrogen-bond donors (Lipinski definition) is 2. The molecule has 168 valence electrons. The molecule has 2 aromatic carbocycles. The molecular weight excluding hydrogens is 432 g/mol. The summed E-state index contributed by atoms with van der Waals surface area (Å²) in [5, 5.41) is 2.74. The minimum atomic E-state index is -3.87. The summed E-state index contributed by atoms with van der Waals surface area (Å²) in [7, 11) is -2.45. The van der Waals surface area contributed by atoms with E-state index in [0.29, 0.717) is 23.6 Å². The fourth-order valence-electron chi connectivity index (χ4n) is 2.66. The van der Waals surface area contributed by atoms with E-state index in [1.807, 2.05) is 0 Å². The zero-order valence-corrected chi connectivity index (χ0v) is 18.6. The molecule has 1 amide bonds. The second kappa shape index (κ2) is 10.6. The van der Waals surface area contributed by atoms with E-state index >= 15 is 0 Å². The molecule has 1 aromatic heterocycles. The Balaban J connectivity index is 1.62. The number of hydrogen-bond acceptors (Lipinski definition) is 7. The van der Waals surface area contributed by atoms with Crippen LogP contribution in [0.4, 0.5) is 11.5 Å². The van der Waals surface area contributed by atoms with Crippen LogP contribution in [0, 0.1) is 0 Å². The molecule has 9 nitrogen and oxygen atoms in total. The van der Waals surface area contributed by atoms with Crippen LogP contribution in [0.2, 0.25) is 0 Å². The van der Waals surface area contributed by atoms with Crippen LogP contribution in [0.5, 0.6) is 11.6 Å². The van der Waals surface area contributed by atoms with Gasteiger partial charge < -0.3 is 14.8 Å². The Morgan fingerprint density at radius 3 is 2.41 bits per heavy atom. The van der Waals surface area contributed by atoms with E-state index < -0.39 is 10.0 Å². The molecule has 0 aliphatic heterocycles. The van der Waals surface area contributed by atoms with E-state index in [9.17, 15) is 13.2 Å². The van der Waals surface area contributed by atoms with E-state index in [2.05, 4.69) is 26.9 Å². The molecule has 2 N–H and O–H groups in total. The third kappa shape index (κ3) is 6.17. The number of nitrogens with zero attached hydrogens (tertiary/aromatic N) is 2. The van der Waals surface area contributed by atoms with Gasteiger partial charge >= 0.3 is 0 Å². The lowest BCUT2D eigenvalue weighted by Gasteiger charge is -2.10. The molecular formula is C22H24N4O5S. The van der Waals surface area contributed by atoms with Crippen LogP contribution < -0.4 is 19.5 Å². The summed E-state index contributed by atoms with van der Waals surface area (Å²) < 4.78 is 38.1. The third-order valence-corrected chi connectivity index (χ3v) is 5.77. The zero-order chi connectivity index (χ0) is 23.0. The van der Waals surface area contributed by atoms with Gasteiger partial charge in [0.25, 0.3) is 15.9 Å². The van der Waals surface area contributed by atoms with Crippen molar-refractivity contribution >= 4 is 27.4 Å². The molecule has 0 aliphatic rings. The number of ether oxygens (including phenoxy) is 2. The average Bonchev–Trinajstić information content (AvgIpc) is 2.80. The van der Waals surface area contributed by atoms with Crippen molar-refractivity contribution in [1.82, 2.24) is 9.97 Å². The van der Waals surface area contributed by atoms with Crippen molar-refractivity contribution in [2.24, 2.45) is 0 Å². The number of anilines is 2. The standard InChI is InChI=1S/C22H24N4O5S/c1-3-4-13-31-18-9-5-16(6-10-18)22(27)25-17-7-11-19(12-8-17)32(28,29)26-20-14-21(30-2)24-15-23-20/h5-12,14-15H,3-4,13H2,1-2H3,(H,25,27)(H,23,24,26). The molecule has 0 saturated heterocycles. The van der Waals surface area contributed by atoms with Crippen LogP contribution >= 0.6 is 0 Å². The van der Waals surface area contributed by atoms with Gasteiger partial charge in [-0.05, 0) is 55.0 Å². The minimum Gasteiger partial charge on any atom is -0.494 e. The van der Waals surface area contributed by atoms with Crippen LogP contribution in [-0.2, 0) is 10.0 Å². The number of aromatic nitrogens is 2. The minimum absolute atomic E-state index is 0.0154. The maximum atomic E-state index is 12.6. The summed E-state index contributed by atoms with van der Waals surface area (Å²) in [6.45, 7) is 2.72. The molecule has 32 heavy (non-hydrogen) atoms. The van der Waals surface area contributed by atoms with Gasteiger partial charge in [0.15, 0.2) is 0 Å². The van der Waals surface area contributed by atoms with Crippen molar-refractivity contribution in [2.75, 3.05) is 23.8 Å². The van der Waals surface area contributed by atoms with E-state index in [-0.39, 0.29) is 22.5 Å². The first-order valence-corrected chi connectivity index (χ1v) is 11.4. The van der Waals surface area contributed by atoms with Gasteiger partial charge in [0.2, 0.25) is 5.88 Å². The Bertz CT molecular complexity index is 1150. The Hall–Kier alpha value is -3.66.